The minimum Gasteiger partial charge on any atom is -0.488 e. The third-order valence-corrected chi connectivity index (χ3v) is 3.46. The summed E-state index contributed by atoms with van der Waals surface area (Å²) in [5.74, 6) is 2.11. The van der Waals surface area contributed by atoms with Crippen molar-refractivity contribution in [3.05, 3.63) is 40.8 Å². The van der Waals surface area contributed by atoms with Gasteiger partial charge >= 0.3 is 0 Å². The zero-order chi connectivity index (χ0) is 9.97. The summed E-state index contributed by atoms with van der Waals surface area (Å²) in [6.07, 6.45) is 0.318. The normalized spacial score (nSPS) is 22.0. The lowest BCUT2D eigenvalue weighted by atomic mass is 10.2. The van der Waals surface area contributed by atoms with Crippen molar-refractivity contribution in [3.8, 4) is 0 Å². The molecule has 2 rings (SSSR count). The van der Waals surface area contributed by atoms with Crippen molar-refractivity contribution in [1.29, 1.82) is 0 Å². The zero-order valence-corrected chi connectivity index (χ0v) is 9.30. The molecule has 1 unspecified atom stereocenters. The van der Waals surface area contributed by atoms with E-state index in [0.717, 1.165) is 11.5 Å². The van der Waals surface area contributed by atoms with E-state index in [9.17, 15) is 0 Å². The van der Waals surface area contributed by atoms with E-state index in [1.165, 1.54) is 10.5 Å². The monoisotopic (exact) mass is 206 g/mol. The molecule has 0 amide bonds. The average Bonchev–Trinajstić information content (AvgIpc) is 2.23. The van der Waals surface area contributed by atoms with Crippen molar-refractivity contribution in [3.63, 3.8) is 0 Å². The Morgan fingerprint density at radius 2 is 2.00 bits per heavy atom. The van der Waals surface area contributed by atoms with Crippen LogP contribution in [0.15, 0.2) is 35.2 Å². The van der Waals surface area contributed by atoms with Crippen LogP contribution in [-0.2, 0) is 4.74 Å². The largest absolute Gasteiger partial charge is 0.488 e. The Hall–Kier alpha value is -0.890. The summed E-state index contributed by atoms with van der Waals surface area (Å²) in [5, 5.41) is 0. The van der Waals surface area contributed by atoms with Gasteiger partial charge in [0.15, 0.2) is 0 Å². The fourth-order valence-electron chi connectivity index (χ4n) is 1.49. The first-order chi connectivity index (χ1) is 6.77. The molecule has 1 heterocycles. The predicted octanol–water partition coefficient (Wildman–Crippen LogP) is 3.53. The first kappa shape index (κ1) is 9.66. The Morgan fingerprint density at radius 1 is 1.29 bits per heavy atom. The van der Waals surface area contributed by atoms with Crippen LogP contribution in [0.4, 0.5) is 0 Å². The number of ether oxygens (including phenoxy) is 1. The molecule has 1 atom stereocenters. The molecule has 1 aliphatic rings. The van der Waals surface area contributed by atoms with Crippen LogP contribution in [0.25, 0.3) is 5.76 Å². The van der Waals surface area contributed by atoms with Gasteiger partial charge < -0.3 is 4.74 Å². The summed E-state index contributed by atoms with van der Waals surface area (Å²) in [7, 11) is 0. The number of hydrogen-bond acceptors (Lipinski definition) is 2. The summed E-state index contributed by atoms with van der Waals surface area (Å²) in [6, 6.07) is 10.3. The maximum atomic E-state index is 5.84. The summed E-state index contributed by atoms with van der Waals surface area (Å²) in [5.41, 5.74) is 1.18. The molecule has 0 bridgehead atoms. The van der Waals surface area contributed by atoms with E-state index in [4.69, 9.17) is 4.74 Å². The molecule has 1 aromatic rings. The van der Waals surface area contributed by atoms with E-state index in [1.807, 2.05) is 30.0 Å². The second kappa shape index (κ2) is 4.09. The minimum absolute atomic E-state index is 0.318. The number of thioether (sulfide) groups is 1. The molecule has 0 aliphatic carbocycles. The van der Waals surface area contributed by atoms with E-state index in [-0.39, 0.29) is 0 Å². The summed E-state index contributed by atoms with van der Waals surface area (Å²) in [6.45, 7) is 4.24. The lowest BCUT2D eigenvalue weighted by Gasteiger charge is -2.24. The van der Waals surface area contributed by atoms with Gasteiger partial charge in [-0.15, -0.1) is 11.8 Å². The van der Waals surface area contributed by atoms with Gasteiger partial charge in [0.05, 0.1) is 0 Å². The van der Waals surface area contributed by atoms with E-state index < -0.39 is 0 Å². The Morgan fingerprint density at radius 3 is 2.71 bits per heavy atom. The minimum atomic E-state index is 0.318. The van der Waals surface area contributed by atoms with E-state index in [1.54, 1.807) is 0 Å². The molecular weight excluding hydrogens is 192 g/mol. The highest BCUT2D eigenvalue weighted by molar-refractivity contribution is 8.03. The van der Waals surface area contributed by atoms with Gasteiger partial charge in [-0.05, 0) is 13.8 Å². The summed E-state index contributed by atoms with van der Waals surface area (Å²) in [4.78, 5) is 1.29. The highest BCUT2D eigenvalue weighted by Gasteiger charge is 2.17. The van der Waals surface area contributed by atoms with Crippen molar-refractivity contribution >= 4 is 17.5 Å². The number of benzene rings is 1. The van der Waals surface area contributed by atoms with Crippen LogP contribution in [0.5, 0.6) is 0 Å². The van der Waals surface area contributed by atoms with Gasteiger partial charge in [-0.3, -0.25) is 0 Å². The maximum absolute atomic E-state index is 5.84. The molecule has 2 heteroatoms. The Balaban J connectivity index is 2.33. The van der Waals surface area contributed by atoms with Crippen LogP contribution in [0.2, 0.25) is 0 Å². The topological polar surface area (TPSA) is 9.23 Å². The second-order valence-corrected chi connectivity index (χ2v) is 4.73. The summed E-state index contributed by atoms with van der Waals surface area (Å²) < 4.78 is 5.84. The van der Waals surface area contributed by atoms with Gasteiger partial charge in [0.2, 0.25) is 0 Å². The fourth-order valence-corrected chi connectivity index (χ4v) is 2.34. The quantitative estimate of drug-likeness (QED) is 0.695. The lowest BCUT2D eigenvalue weighted by molar-refractivity contribution is 0.204. The van der Waals surface area contributed by atoms with Crippen molar-refractivity contribution in [1.82, 2.24) is 0 Å². The van der Waals surface area contributed by atoms with Crippen molar-refractivity contribution in [2.45, 2.75) is 20.0 Å². The molecule has 0 radical (unpaired) electrons. The van der Waals surface area contributed by atoms with Gasteiger partial charge in [0, 0.05) is 16.2 Å². The molecule has 0 saturated heterocycles. The van der Waals surface area contributed by atoms with Gasteiger partial charge in [0.25, 0.3) is 0 Å². The van der Waals surface area contributed by atoms with Crippen LogP contribution in [-0.4, -0.2) is 11.9 Å². The van der Waals surface area contributed by atoms with E-state index in [2.05, 4.69) is 26.0 Å². The standard InChI is InChI=1S/C12H14OS/c1-9-8-14-10(2)12(13-9)11-6-4-3-5-7-11/h3-7,9H,8H2,1-2H3. The van der Waals surface area contributed by atoms with Crippen LogP contribution in [0.1, 0.15) is 19.4 Å². The molecule has 0 spiro atoms. The first-order valence-electron chi connectivity index (χ1n) is 4.83. The Bertz CT molecular complexity index is 343. The third kappa shape index (κ3) is 1.95. The van der Waals surface area contributed by atoms with Crippen LogP contribution >= 0.6 is 11.8 Å². The molecule has 1 aliphatic heterocycles. The number of allylic oxidation sites excluding steroid dienone is 1. The number of hydrogen-bond donors (Lipinski definition) is 0. The van der Waals surface area contributed by atoms with Crippen LogP contribution < -0.4 is 0 Å². The second-order valence-electron chi connectivity index (χ2n) is 3.49. The smallest absolute Gasteiger partial charge is 0.136 e. The SMILES string of the molecule is CC1=C(c2ccccc2)OC(C)CS1. The van der Waals surface area contributed by atoms with E-state index >= 15 is 0 Å². The highest BCUT2D eigenvalue weighted by atomic mass is 32.2. The van der Waals surface area contributed by atoms with Crippen LogP contribution in [0, 0.1) is 0 Å². The molecule has 0 fully saturated rings. The predicted molar refractivity (Wildman–Crippen MR) is 62.0 cm³/mol. The molecular formula is C12H14OS. The Kier molecular flexibility index (Phi) is 2.82. The molecule has 1 aromatic carbocycles. The zero-order valence-electron chi connectivity index (χ0n) is 8.49. The fraction of sp³-hybridized carbons (Fsp3) is 0.333. The average molecular weight is 206 g/mol. The van der Waals surface area contributed by atoms with Crippen LogP contribution in [0.3, 0.4) is 0 Å². The molecule has 0 aromatic heterocycles. The first-order valence-corrected chi connectivity index (χ1v) is 5.81. The van der Waals surface area contributed by atoms with Gasteiger partial charge in [-0.25, -0.2) is 0 Å². The lowest BCUT2D eigenvalue weighted by Crippen LogP contribution is -2.15. The van der Waals surface area contributed by atoms with Crippen molar-refractivity contribution < 1.29 is 4.74 Å². The van der Waals surface area contributed by atoms with Gasteiger partial charge in [0.1, 0.15) is 11.9 Å². The van der Waals surface area contributed by atoms with Gasteiger partial charge in [-0.1, -0.05) is 30.3 Å². The molecule has 1 nitrogen and oxygen atoms in total. The van der Waals surface area contributed by atoms with Crippen molar-refractivity contribution in [2.24, 2.45) is 0 Å². The van der Waals surface area contributed by atoms with Gasteiger partial charge in [-0.2, -0.15) is 0 Å². The summed E-state index contributed by atoms with van der Waals surface area (Å²) >= 11 is 1.88. The Labute approximate surface area is 89.2 Å². The molecule has 0 N–H and O–H groups in total. The molecule has 14 heavy (non-hydrogen) atoms. The third-order valence-electron chi connectivity index (χ3n) is 2.21. The maximum Gasteiger partial charge on any atom is 0.136 e. The highest BCUT2D eigenvalue weighted by Crippen LogP contribution is 2.33. The molecule has 74 valence electrons. The number of rotatable bonds is 1. The molecule has 0 saturated carbocycles. The van der Waals surface area contributed by atoms with E-state index in [0.29, 0.717) is 6.10 Å². The van der Waals surface area contributed by atoms with Crippen molar-refractivity contribution in [2.75, 3.05) is 5.75 Å².